The molecule has 1 aromatic heterocycles. The highest BCUT2D eigenvalue weighted by molar-refractivity contribution is 9.12. The lowest BCUT2D eigenvalue weighted by atomic mass is 10.2. The Balaban J connectivity index is 2.03. The summed E-state index contributed by atoms with van der Waals surface area (Å²) in [4.78, 5) is 11.9. The number of nitrogens with one attached hydrogen (secondary N) is 1. The Bertz CT molecular complexity index is 583. The Hall–Kier alpha value is -0.850. The van der Waals surface area contributed by atoms with Gasteiger partial charge in [0.1, 0.15) is 5.75 Å². The minimum atomic E-state index is -0.146. The molecular formula is C12H9Br2NO2S. The number of phenolic OH excluding ortho intramolecular Hbond substituents is 1. The molecule has 0 saturated heterocycles. The number of carbonyl (C=O) groups is 1. The largest absolute Gasteiger partial charge is 0.508 e. The third kappa shape index (κ3) is 3.34. The number of phenols is 1. The van der Waals surface area contributed by atoms with Gasteiger partial charge in [-0.1, -0.05) is 12.1 Å². The molecule has 0 atom stereocenters. The van der Waals surface area contributed by atoms with E-state index in [2.05, 4.69) is 37.2 Å². The lowest BCUT2D eigenvalue weighted by molar-refractivity contribution is 0.0950. The number of hydrogen-bond donors (Lipinski definition) is 2. The van der Waals surface area contributed by atoms with Crippen LogP contribution < -0.4 is 5.32 Å². The first-order valence-corrected chi connectivity index (χ1v) is 7.47. The zero-order chi connectivity index (χ0) is 13.1. The van der Waals surface area contributed by atoms with E-state index in [1.807, 2.05) is 6.07 Å². The molecule has 0 radical (unpaired) electrons. The minimum Gasteiger partial charge on any atom is -0.508 e. The number of hydrogen-bond acceptors (Lipinski definition) is 3. The molecule has 1 aromatic carbocycles. The lowest BCUT2D eigenvalue weighted by Crippen LogP contribution is -2.22. The first-order chi connectivity index (χ1) is 8.56. The molecule has 3 nitrogen and oxygen atoms in total. The van der Waals surface area contributed by atoms with Crippen molar-refractivity contribution in [3.8, 4) is 5.75 Å². The predicted molar refractivity (Wildman–Crippen MR) is 79.0 cm³/mol. The van der Waals surface area contributed by atoms with Crippen molar-refractivity contribution >= 4 is 49.1 Å². The van der Waals surface area contributed by atoms with Crippen molar-refractivity contribution in [2.75, 3.05) is 0 Å². The number of amides is 1. The van der Waals surface area contributed by atoms with Gasteiger partial charge in [0.2, 0.25) is 0 Å². The van der Waals surface area contributed by atoms with Crippen LogP contribution in [0.25, 0.3) is 0 Å². The highest BCUT2D eigenvalue weighted by Crippen LogP contribution is 2.31. The number of benzene rings is 1. The predicted octanol–water partition coefficient (Wildman–Crippen LogP) is 3.91. The lowest BCUT2D eigenvalue weighted by Gasteiger charge is -2.05. The Morgan fingerprint density at radius 2 is 2.11 bits per heavy atom. The molecule has 2 rings (SSSR count). The van der Waals surface area contributed by atoms with Gasteiger partial charge in [-0.15, -0.1) is 11.3 Å². The van der Waals surface area contributed by atoms with E-state index in [1.54, 1.807) is 24.3 Å². The molecule has 0 bridgehead atoms. The van der Waals surface area contributed by atoms with Crippen molar-refractivity contribution in [1.29, 1.82) is 0 Å². The first-order valence-electron chi connectivity index (χ1n) is 5.07. The van der Waals surface area contributed by atoms with Crippen LogP contribution in [0.3, 0.4) is 0 Å². The second kappa shape index (κ2) is 5.86. The zero-order valence-corrected chi connectivity index (χ0v) is 13.1. The Labute approximate surface area is 125 Å². The van der Waals surface area contributed by atoms with E-state index in [9.17, 15) is 9.90 Å². The smallest absolute Gasteiger partial charge is 0.253 e. The molecule has 18 heavy (non-hydrogen) atoms. The summed E-state index contributed by atoms with van der Waals surface area (Å²) >= 11 is 8.13. The van der Waals surface area contributed by atoms with Crippen molar-refractivity contribution in [2.24, 2.45) is 0 Å². The molecule has 1 heterocycles. The molecule has 2 aromatic rings. The number of rotatable bonds is 3. The Morgan fingerprint density at radius 1 is 1.33 bits per heavy atom. The maximum atomic E-state index is 11.9. The van der Waals surface area contributed by atoms with Gasteiger partial charge in [0.25, 0.3) is 5.91 Å². The topological polar surface area (TPSA) is 49.3 Å². The second-order valence-electron chi connectivity index (χ2n) is 3.59. The fraction of sp³-hybridized carbons (Fsp3) is 0.0833. The van der Waals surface area contributed by atoms with Gasteiger partial charge in [-0.2, -0.15) is 0 Å². The van der Waals surface area contributed by atoms with Gasteiger partial charge in [0.05, 0.1) is 13.1 Å². The molecule has 0 spiro atoms. The highest BCUT2D eigenvalue weighted by atomic mass is 79.9. The van der Waals surface area contributed by atoms with E-state index >= 15 is 0 Å². The van der Waals surface area contributed by atoms with E-state index in [0.717, 1.165) is 13.1 Å². The van der Waals surface area contributed by atoms with E-state index < -0.39 is 0 Å². The summed E-state index contributed by atoms with van der Waals surface area (Å²) in [6.07, 6.45) is 0. The molecule has 0 unspecified atom stereocenters. The van der Waals surface area contributed by atoms with Crippen molar-refractivity contribution in [3.63, 3.8) is 0 Å². The molecule has 2 N–H and O–H groups in total. The minimum absolute atomic E-state index is 0.146. The number of halogens is 2. The number of thiophene rings is 1. The Kier molecular flexibility index (Phi) is 4.42. The van der Waals surface area contributed by atoms with Crippen LogP contribution in [0.15, 0.2) is 37.9 Å². The van der Waals surface area contributed by atoms with E-state index in [0.29, 0.717) is 12.1 Å². The van der Waals surface area contributed by atoms with E-state index in [1.165, 1.54) is 11.3 Å². The van der Waals surface area contributed by atoms with Crippen molar-refractivity contribution < 1.29 is 9.90 Å². The summed E-state index contributed by atoms with van der Waals surface area (Å²) in [5.41, 5.74) is 1.46. The number of carbonyl (C=O) groups excluding carboxylic acids is 1. The van der Waals surface area contributed by atoms with Crippen LogP contribution in [0.2, 0.25) is 0 Å². The molecule has 0 fully saturated rings. The monoisotopic (exact) mass is 389 g/mol. The molecule has 0 aliphatic heterocycles. The SMILES string of the molecule is O=C(NCc1cccc(O)c1)c1cc(Br)sc1Br. The van der Waals surface area contributed by atoms with Gasteiger partial charge in [-0.05, 0) is 55.6 Å². The standard InChI is InChI=1S/C12H9Br2NO2S/c13-10-5-9(11(14)18-10)12(17)15-6-7-2-1-3-8(16)4-7/h1-5,16H,6H2,(H,15,17). The van der Waals surface area contributed by atoms with Crippen LogP contribution in [-0.2, 0) is 6.54 Å². The summed E-state index contributed by atoms with van der Waals surface area (Å²) in [6, 6.07) is 8.58. The Morgan fingerprint density at radius 3 is 2.72 bits per heavy atom. The molecule has 94 valence electrons. The maximum absolute atomic E-state index is 11.9. The van der Waals surface area contributed by atoms with Gasteiger partial charge in [0.15, 0.2) is 0 Å². The van der Waals surface area contributed by atoms with Crippen molar-refractivity contribution in [3.05, 3.63) is 49.0 Å². The zero-order valence-electron chi connectivity index (χ0n) is 9.11. The third-order valence-electron chi connectivity index (χ3n) is 2.26. The normalized spacial score (nSPS) is 10.3. The maximum Gasteiger partial charge on any atom is 0.253 e. The summed E-state index contributed by atoms with van der Waals surface area (Å²) in [6.45, 7) is 0.382. The summed E-state index contributed by atoms with van der Waals surface area (Å²) < 4.78 is 1.69. The van der Waals surface area contributed by atoms with Crippen LogP contribution in [0.4, 0.5) is 0 Å². The van der Waals surface area contributed by atoms with E-state index in [4.69, 9.17) is 0 Å². The van der Waals surface area contributed by atoms with Crippen molar-refractivity contribution in [1.82, 2.24) is 5.32 Å². The molecule has 0 aliphatic rings. The average Bonchev–Trinajstić information content (AvgIpc) is 2.66. The second-order valence-corrected chi connectivity index (χ2v) is 7.34. The molecule has 0 saturated carbocycles. The van der Waals surface area contributed by atoms with Gasteiger partial charge in [-0.3, -0.25) is 4.79 Å². The van der Waals surface area contributed by atoms with Gasteiger partial charge >= 0.3 is 0 Å². The summed E-state index contributed by atoms with van der Waals surface area (Å²) in [7, 11) is 0. The van der Waals surface area contributed by atoms with Gasteiger partial charge < -0.3 is 10.4 Å². The molecule has 1 amide bonds. The van der Waals surface area contributed by atoms with Crippen LogP contribution in [0.5, 0.6) is 5.75 Å². The van der Waals surface area contributed by atoms with Crippen LogP contribution in [-0.4, -0.2) is 11.0 Å². The summed E-state index contributed by atoms with van der Waals surface area (Å²) in [5, 5.41) is 12.1. The molecule has 6 heteroatoms. The van der Waals surface area contributed by atoms with E-state index in [-0.39, 0.29) is 11.7 Å². The van der Waals surface area contributed by atoms with Crippen LogP contribution in [0, 0.1) is 0 Å². The molecular weight excluding hydrogens is 382 g/mol. The van der Waals surface area contributed by atoms with Crippen LogP contribution >= 0.6 is 43.2 Å². The van der Waals surface area contributed by atoms with Crippen LogP contribution in [0.1, 0.15) is 15.9 Å². The molecule has 0 aliphatic carbocycles. The van der Waals surface area contributed by atoms with Gasteiger partial charge in [-0.25, -0.2) is 0 Å². The van der Waals surface area contributed by atoms with Crippen molar-refractivity contribution in [2.45, 2.75) is 6.54 Å². The summed E-state index contributed by atoms with van der Waals surface area (Å²) in [5.74, 6) is 0.0494. The fourth-order valence-electron chi connectivity index (χ4n) is 1.44. The fourth-order valence-corrected chi connectivity index (χ4v) is 4.23. The first kappa shape index (κ1) is 13.6. The quantitative estimate of drug-likeness (QED) is 0.834. The van der Waals surface area contributed by atoms with Gasteiger partial charge in [0, 0.05) is 6.54 Å². The highest BCUT2D eigenvalue weighted by Gasteiger charge is 2.13. The third-order valence-corrected chi connectivity index (χ3v) is 4.60. The average molecular weight is 391 g/mol. The number of aromatic hydroxyl groups is 1.